The summed E-state index contributed by atoms with van der Waals surface area (Å²) in [5.74, 6) is -6.83. The maximum Gasteiger partial charge on any atom is 0.326 e. The molecule has 3 aromatic rings. The number of imidazole rings is 1. The second kappa shape index (κ2) is 21.8. The zero-order chi connectivity index (χ0) is 43.1. The number of para-hydroxylation sites is 1. The Morgan fingerprint density at radius 3 is 2.05 bits per heavy atom. The number of fused-ring (bicyclic) bond motifs is 1. The molecule has 3 rings (SSSR count). The highest BCUT2D eigenvalue weighted by molar-refractivity contribution is 5.96. The van der Waals surface area contributed by atoms with Gasteiger partial charge in [-0.05, 0) is 43.2 Å². The molecule has 0 saturated carbocycles. The minimum Gasteiger partial charge on any atom is -0.480 e. The molecule has 2 aromatic heterocycles. The summed E-state index contributed by atoms with van der Waals surface area (Å²) >= 11 is 0. The lowest BCUT2D eigenvalue weighted by Gasteiger charge is -2.26. The van der Waals surface area contributed by atoms with E-state index in [0.717, 1.165) is 10.9 Å². The zero-order valence-corrected chi connectivity index (χ0v) is 33.2. The van der Waals surface area contributed by atoms with E-state index in [4.69, 9.17) is 11.5 Å². The Bertz CT molecular complexity index is 1910. The second-order valence-electron chi connectivity index (χ2n) is 14.8. The first-order chi connectivity index (χ1) is 27.4. The molecule has 13 N–H and O–H groups in total. The van der Waals surface area contributed by atoms with E-state index in [2.05, 4.69) is 46.9 Å². The first kappa shape index (κ1) is 46.1. The molecule has 1 aromatic carbocycles. The smallest absolute Gasteiger partial charge is 0.326 e. The van der Waals surface area contributed by atoms with Crippen molar-refractivity contribution in [2.24, 2.45) is 23.3 Å². The van der Waals surface area contributed by atoms with Crippen LogP contribution in [0.1, 0.15) is 65.1 Å². The molecule has 0 bridgehead atoms. The number of aromatic nitrogens is 3. The van der Waals surface area contributed by atoms with Gasteiger partial charge in [0.1, 0.15) is 30.2 Å². The molecule has 6 atom stereocenters. The Morgan fingerprint density at radius 1 is 0.776 bits per heavy atom. The van der Waals surface area contributed by atoms with Gasteiger partial charge < -0.3 is 58.4 Å². The summed E-state index contributed by atoms with van der Waals surface area (Å²) in [5, 5.41) is 25.6. The fourth-order valence-electron chi connectivity index (χ4n) is 5.94. The van der Waals surface area contributed by atoms with Crippen molar-refractivity contribution in [1.29, 1.82) is 0 Å². The number of carbonyl (C=O) groups excluding carboxylic acids is 7. The normalized spacial score (nSPS) is 14.3. The molecular weight excluding hydrogens is 754 g/mol. The Balaban J connectivity index is 1.65. The quantitative estimate of drug-likeness (QED) is 0.0530. The molecule has 0 saturated heterocycles. The maximum atomic E-state index is 13.6. The van der Waals surface area contributed by atoms with Gasteiger partial charge >= 0.3 is 5.97 Å². The number of nitrogens with one attached hydrogen (secondary N) is 8. The molecule has 0 aliphatic carbocycles. The molecule has 0 spiro atoms. The number of aromatic amines is 2. The molecule has 0 aliphatic rings. The Kier molecular flexibility index (Phi) is 17.4. The third-order valence-electron chi connectivity index (χ3n) is 9.14. The molecule has 2 heterocycles. The summed E-state index contributed by atoms with van der Waals surface area (Å²) in [5.41, 5.74) is 13.1. The third kappa shape index (κ3) is 14.3. The highest BCUT2D eigenvalue weighted by atomic mass is 16.4. The average molecular weight is 810 g/mol. The molecule has 6 unspecified atom stereocenters. The van der Waals surface area contributed by atoms with Crippen molar-refractivity contribution < 1.29 is 43.5 Å². The van der Waals surface area contributed by atoms with Gasteiger partial charge in [0.05, 0.1) is 18.9 Å². The van der Waals surface area contributed by atoms with E-state index in [1.165, 1.54) is 19.4 Å². The van der Waals surface area contributed by atoms with E-state index in [-0.39, 0.29) is 38.0 Å². The lowest BCUT2D eigenvalue weighted by Crippen LogP contribution is -2.58. The van der Waals surface area contributed by atoms with Crippen molar-refractivity contribution in [2.45, 2.75) is 103 Å². The van der Waals surface area contributed by atoms with Crippen LogP contribution in [0.25, 0.3) is 10.9 Å². The Morgan fingerprint density at radius 2 is 1.43 bits per heavy atom. The van der Waals surface area contributed by atoms with Crippen molar-refractivity contribution in [3.63, 3.8) is 0 Å². The second-order valence-corrected chi connectivity index (χ2v) is 14.8. The van der Waals surface area contributed by atoms with Crippen molar-refractivity contribution in [3.05, 3.63) is 54.2 Å². The number of hydrogen-bond donors (Lipinski definition) is 11. The summed E-state index contributed by atoms with van der Waals surface area (Å²) in [6.45, 7) is 7.71. The molecule has 20 nitrogen and oxygen atoms in total. The summed E-state index contributed by atoms with van der Waals surface area (Å²) in [7, 11) is 0. The van der Waals surface area contributed by atoms with Gasteiger partial charge in [-0.1, -0.05) is 45.9 Å². The fraction of sp³-hybridized carbons (Fsp3) is 0.500. The highest BCUT2D eigenvalue weighted by Crippen LogP contribution is 2.19. The Hall–Kier alpha value is -6.31. The van der Waals surface area contributed by atoms with Gasteiger partial charge in [-0.2, -0.15) is 0 Å². The number of carboxylic acids is 1. The number of H-pyrrole nitrogens is 2. The number of primary amides is 1. The number of amides is 7. The van der Waals surface area contributed by atoms with Gasteiger partial charge in [0, 0.05) is 48.3 Å². The molecule has 0 radical (unpaired) electrons. The van der Waals surface area contributed by atoms with Gasteiger partial charge in [-0.25, -0.2) is 9.78 Å². The molecule has 0 fully saturated rings. The fourth-order valence-corrected chi connectivity index (χ4v) is 5.94. The van der Waals surface area contributed by atoms with Crippen LogP contribution in [-0.2, 0) is 51.2 Å². The number of aliphatic carboxylic acids is 1. The SMILES string of the molecule is CC(C)CC(NC(=O)C(Cc1cnc[nH]1)NC(=O)CNC(=O)C(NC(=O)C(C)NC(=O)C(Cc1c[nH]c2ccccc12)NC(=O)C(N)CCC(N)=O)C(C)C)C(=O)O. The highest BCUT2D eigenvalue weighted by Gasteiger charge is 2.32. The van der Waals surface area contributed by atoms with Crippen LogP contribution in [0, 0.1) is 11.8 Å². The van der Waals surface area contributed by atoms with E-state index in [1.807, 2.05) is 24.3 Å². The van der Waals surface area contributed by atoms with Crippen LogP contribution < -0.4 is 43.4 Å². The van der Waals surface area contributed by atoms with Crippen LogP contribution in [-0.4, -0.2) is 110 Å². The summed E-state index contributed by atoms with van der Waals surface area (Å²) in [4.78, 5) is 112. The van der Waals surface area contributed by atoms with Crippen molar-refractivity contribution in [1.82, 2.24) is 46.9 Å². The van der Waals surface area contributed by atoms with Crippen molar-refractivity contribution >= 4 is 58.2 Å². The molecule has 316 valence electrons. The molecule has 7 amide bonds. The number of hydrogen-bond acceptors (Lipinski definition) is 10. The number of carboxylic acid groups (broad SMARTS) is 1. The topological polar surface area (TPSA) is 325 Å². The molecule has 58 heavy (non-hydrogen) atoms. The lowest BCUT2D eigenvalue weighted by atomic mass is 10.0. The van der Waals surface area contributed by atoms with E-state index in [9.17, 15) is 43.5 Å². The minimum atomic E-state index is -1.23. The summed E-state index contributed by atoms with van der Waals surface area (Å²) < 4.78 is 0. The van der Waals surface area contributed by atoms with Gasteiger partial charge in [-0.3, -0.25) is 33.6 Å². The van der Waals surface area contributed by atoms with E-state index >= 15 is 0 Å². The van der Waals surface area contributed by atoms with Crippen molar-refractivity contribution in [2.75, 3.05) is 6.54 Å². The lowest BCUT2D eigenvalue weighted by molar-refractivity contribution is -0.142. The van der Waals surface area contributed by atoms with Gasteiger partial charge in [0.2, 0.25) is 41.4 Å². The largest absolute Gasteiger partial charge is 0.480 e. The first-order valence-corrected chi connectivity index (χ1v) is 18.9. The number of rotatable bonds is 23. The van der Waals surface area contributed by atoms with Gasteiger partial charge in [0.15, 0.2) is 0 Å². The standard InChI is InChI=1S/C38H55N11O9/c1-19(2)12-29(38(57)58)48-36(55)28(14-23-16-41-18-44-23)46-31(51)17-43-37(56)32(20(3)4)49-33(52)21(5)45-35(54)27(47-34(53)25(39)10-11-30(40)50)13-22-15-42-26-9-7-6-8-24(22)26/h6-9,15-16,18-21,25,27-29,32,42H,10-14,17,39H2,1-5H3,(H2,40,50)(H,41,44)(H,43,56)(H,45,54)(H,46,51)(H,47,53)(H,48,55)(H,49,52)(H,57,58). The maximum absolute atomic E-state index is 13.6. The monoisotopic (exact) mass is 809 g/mol. The van der Waals surface area contributed by atoms with Crippen LogP contribution in [0.4, 0.5) is 0 Å². The van der Waals surface area contributed by atoms with Crippen LogP contribution in [0.15, 0.2) is 43.0 Å². The van der Waals surface area contributed by atoms with Crippen LogP contribution in [0.2, 0.25) is 0 Å². The first-order valence-electron chi connectivity index (χ1n) is 18.9. The minimum absolute atomic E-state index is 0.0139. The predicted octanol–water partition coefficient (Wildman–Crippen LogP) is -1.38. The number of benzene rings is 1. The van der Waals surface area contributed by atoms with Crippen molar-refractivity contribution in [3.8, 4) is 0 Å². The van der Waals surface area contributed by atoms with E-state index < -0.39 is 96.0 Å². The third-order valence-corrected chi connectivity index (χ3v) is 9.14. The van der Waals surface area contributed by atoms with Crippen LogP contribution >= 0.6 is 0 Å². The van der Waals surface area contributed by atoms with E-state index in [1.54, 1.807) is 33.9 Å². The van der Waals surface area contributed by atoms with E-state index in [0.29, 0.717) is 11.3 Å². The van der Waals surface area contributed by atoms with Crippen LogP contribution in [0.3, 0.4) is 0 Å². The Labute approximate surface area is 335 Å². The number of nitrogens with two attached hydrogens (primary N) is 2. The average Bonchev–Trinajstić information content (AvgIpc) is 3.83. The van der Waals surface area contributed by atoms with Gasteiger partial charge in [0.25, 0.3) is 0 Å². The zero-order valence-electron chi connectivity index (χ0n) is 33.2. The van der Waals surface area contributed by atoms with Crippen LogP contribution in [0.5, 0.6) is 0 Å². The van der Waals surface area contributed by atoms with Gasteiger partial charge in [-0.15, -0.1) is 0 Å². The molecule has 20 heteroatoms. The predicted molar refractivity (Wildman–Crippen MR) is 211 cm³/mol. The molecule has 0 aliphatic heterocycles. The summed E-state index contributed by atoms with van der Waals surface area (Å²) in [6.07, 6.45) is 4.45. The number of nitrogens with zero attached hydrogens (tertiary/aromatic N) is 1. The number of carbonyl (C=O) groups is 8. The molecular formula is C38H55N11O9. The summed E-state index contributed by atoms with van der Waals surface area (Å²) in [6, 6.07) is 0.209.